The van der Waals surface area contributed by atoms with Gasteiger partial charge in [0.1, 0.15) is 0 Å². The van der Waals surface area contributed by atoms with Crippen LogP contribution in [0.3, 0.4) is 0 Å². The normalized spacial score (nSPS) is 20.1. The Bertz CT molecular complexity index is 680. The molecule has 1 amide bonds. The fourth-order valence-electron chi connectivity index (χ4n) is 4.04. The third-order valence-electron chi connectivity index (χ3n) is 5.49. The number of piperazine rings is 1. The van der Waals surface area contributed by atoms with Crippen molar-refractivity contribution in [3.05, 3.63) is 42.4 Å². The van der Waals surface area contributed by atoms with E-state index in [9.17, 15) is 4.79 Å². The molecule has 0 bridgehead atoms. The average molecular weight is 342 g/mol. The first-order valence-corrected chi connectivity index (χ1v) is 9.37. The molecule has 2 aromatic rings. The first-order chi connectivity index (χ1) is 12.3. The lowest BCUT2D eigenvalue weighted by atomic mass is 9.95. The van der Waals surface area contributed by atoms with Crippen LogP contribution >= 0.6 is 0 Å². The van der Waals surface area contributed by atoms with E-state index < -0.39 is 0 Å². The van der Waals surface area contributed by atoms with Gasteiger partial charge in [-0.25, -0.2) is 4.98 Å². The van der Waals surface area contributed by atoms with E-state index in [0.717, 1.165) is 32.7 Å². The van der Waals surface area contributed by atoms with Gasteiger partial charge in [0.2, 0.25) is 0 Å². The van der Waals surface area contributed by atoms with Crippen molar-refractivity contribution in [1.82, 2.24) is 19.4 Å². The molecule has 0 unspecified atom stereocenters. The van der Waals surface area contributed by atoms with E-state index in [0.29, 0.717) is 11.8 Å². The third kappa shape index (κ3) is 3.63. The Morgan fingerprint density at radius 2 is 1.96 bits per heavy atom. The molecule has 6 nitrogen and oxygen atoms in total. The predicted molar refractivity (Wildman–Crippen MR) is 94.2 cm³/mol. The fourth-order valence-corrected chi connectivity index (χ4v) is 4.04. The summed E-state index contributed by atoms with van der Waals surface area (Å²) in [5, 5.41) is 0. The highest BCUT2D eigenvalue weighted by Crippen LogP contribution is 2.29. The highest BCUT2D eigenvalue weighted by atomic mass is 16.3. The summed E-state index contributed by atoms with van der Waals surface area (Å²) >= 11 is 0. The zero-order valence-corrected chi connectivity index (χ0v) is 14.6. The third-order valence-corrected chi connectivity index (χ3v) is 5.49. The van der Waals surface area contributed by atoms with Crippen molar-refractivity contribution in [2.45, 2.75) is 44.7 Å². The molecule has 4 rings (SSSR count). The first kappa shape index (κ1) is 16.4. The largest absolute Gasteiger partial charge is 0.459 e. The summed E-state index contributed by atoms with van der Waals surface area (Å²) < 4.78 is 7.62. The minimum Gasteiger partial charge on any atom is -0.459 e. The van der Waals surface area contributed by atoms with Gasteiger partial charge >= 0.3 is 0 Å². The number of furan rings is 1. The van der Waals surface area contributed by atoms with Gasteiger partial charge < -0.3 is 13.9 Å². The van der Waals surface area contributed by atoms with Gasteiger partial charge in [0.25, 0.3) is 5.91 Å². The standard InChI is InChI=1S/C19H26N4O2/c24-19(18-7-4-12-25-18)22-10-8-21(9-11-22)14-17-13-20-15-23(17)16-5-2-1-3-6-16/h4,7,12-13,15-16H,1-3,5-6,8-11,14H2. The van der Waals surface area contributed by atoms with Crippen molar-refractivity contribution in [3.8, 4) is 0 Å². The molecule has 1 saturated carbocycles. The Labute approximate surface area is 148 Å². The molecule has 0 radical (unpaired) electrons. The van der Waals surface area contributed by atoms with Crippen molar-refractivity contribution < 1.29 is 9.21 Å². The minimum atomic E-state index is -0.00287. The summed E-state index contributed by atoms with van der Waals surface area (Å²) in [6.45, 7) is 4.19. The lowest BCUT2D eigenvalue weighted by Gasteiger charge is -2.35. The molecule has 3 heterocycles. The van der Waals surface area contributed by atoms with Gasteiger partial charge in [0, 0.05) is 45.0 Å². The van der Waals surface area contributed by atoms with Crippen molar-refractivity contribution >= 4 is 5.91 Å². The number of imidazole rings is 1. The van der Waals surface area contributed by atoms with Crippen LogP contribution in [0.5, 0.6) is 0 Å². The molecule has 1 aliphatic heterocycles. The van der Waals surface area contributed by atoms with E-state index in [1.54, 1.807) is 18.4 Å². The van der Waals surface area contributed by atoms with Crippen LogP contribution in [-0.2, 0) is 6.54 Å². The predicted octanol–water partition coefficient (Wildman–Crippen LogP) is 2.94. The molecule has 0 atom stereocenters. The van der Waals surface area contributed by atoms with Gasteiger partial charge in [-0.2, -0.15) is 0 Å². The number of aromatic nitrogens is 2. The van der Waals surface area contributed by atoms with Gasteiger partial charge in [-0.3, -0.25) is 9.69 Å². The Morgan fingerprint density at radius 1 is 1.16 bits per heavy atom. The van der Waals surface area contributed by atoms with Crippen LogP contribution in [0, 0.1) is 0 Å². The second-order valence-electron chi connectivity index (χ2n) is 7.13. The van der Waals surface area contributed by atoms with Crippen LogP contribution in [0.15, 0.2) is 35.3 Å². The zero-order valence-electron chi connectivity index (χ0n) is 14.6. The zero-order chi connectivity index (χ0) is 17.1. The number of hydrogen-bond acceptors (Lipinski definition) is 4. The number of amides is 1. The van der Waals surface area contributed by atoms with E-state index in [1.165, 1.54) is 37.8 Å². The Kier molecular flexibility index (Phi) is 4.88. The SMILES string of the molecule is O=C(c1ccco1)N1CCN(Cc2cncn2C2CCCCC2)CC1. The number of rotatable bonds is 4. The summed E-state index contributed by atoms with van der Waals surface area (Å²) in [5.41, 5.74) is 1.30. The van der Waals surface area contributed by atoms with E-state index in [2.05, 4.69) is 14.5 Å². The van der Waals surface area contributed by atoms with Crippen LogP contribution in [0.1, 0.15) is 54.4 Å². The van der Waals surface area contributed by atoms with Crippen molar-refractivity contribution in [1.29, 1.82) is 0 Å². The summed E-state index contributed by atoms with van der Waals surface area (Å²) in [7, 11) is 0. The van der Waals surface area contributed by atoms with E-state index >= 15 is 0 Å². The van der Waals surface area contributed by atoms with Gasteiger partial charge in [-0.1, -0.05) is 19.3 Å². The van der Waals surface area contributed by atoms with Gasteiger partial charge in [-0.15, -0.1) is 0 Å². The van der Waals surface area contributed by atoms with E-state index in [4.69, 9.17) is 4.42 Å². The van der Waals surface area contributed by atoms with Gasteiger partial charge in [0.05, 0.1) is 18.3 Å². The summed E-state index contributed by atoms with van der Waals surface area (Å²) in [5.74, 6) is 0.431. The Morgan fingerprint density at radius 3 is 2.68 bits per heavy atom. The van der Waals surface area contributed by atoms with Crippen LogP contribution in [0.4, 0.5) is 0 Å². The highest BCUT2D eigenvalue weighted by Gasteiger charge is 2.25. The molecule has 0 aromatic carbocycles. The highest BCUT2D eigenvalue weighted by molar-refractivity contribution is 5.91. The Balaban J connectivity index is 1.33. The maximum absolute atomic E-state index is 12.3. The molecular formula is C19H26N4O2. The number of carbonyl (C=O) groups excluding carboxylic acids is 1. The van der Waals surface area contributed by atoms with Gasteiger partial charge in [-0.05, 0) is 25.0 Å². The van der Waals surface area contributed by atoms with Crippen molar-refractivity contribution in [2.24, 2.45) is 0 Å². The van der Waals surface area contributed by atoms with Gasteiger partial charge in [0.15, 0.2) is 5.76 Å². The minimum absolute atomic E-state index is 0.00287. The van der Waals surface area contributed by atoms with Crippen LogP contribution < -0.4 is 0 Å². The molecule has 25 heavy (non-hydrogen) atoms. The summed E-state index contributed by atoms with van der Waals surface area (Å²) in [6.07, 6.45) is 12.1. The molecular weight excluding hydrogens is 316 g/mol. The van der Waals surface area contributed by atoms with Crippen molar-refractivity contribution in [3.63, 3.8) is 0 Å². The summed E-state index contributed by atoms with van der Waals surface area (Å²) in [6, 6.07) is 4.11. The average Bonchev–Trinajstić information content (AvgIpc) is 3.35. The maximum Gasteiger partial charge on any atom is 0.289 e. The fraction of sp³-hybridized carbons (Fsp3) is 0.579. The summed E-state index contributed by atoms with van der Waals surface area (Å²) in [4.78, 5) is 21.0. The molecule has 1 saturated heterocycles. The smallest absolute Gasteiger partial charge is 0.289 e. The van der Waals surface area contributed by atoms with Crippen LogP contribution in [0.2, 0.25) is 0 Å². The van der Waals surface area contributed by atoms with Crippen LogP contribution in [0.25, 0.3) is 0 Å². The Hall–Kier alpha value is -2.08. The molecule has 0 spiro atoms. The second-order valence-corrected chi connectivity index (χ2v) is 7.13. The number of nitrogens with zero attached hydrogens (tertiary/aromatic N) is 4. The molecule has 2 fully saturated rings. The van der Waals surface area contributed by atoms with E-state index in [-0.39, 0.29) is 5.91 Å². The molecule has 134 valence electrons. The number of hydrogen-bond donors (Lipinski definition) is 0. The molecule has 6 heteroatoms. The molecule has 1 aliphatic carbocycles. The topological polar surface area (TPSA) is 54.5 Å². The number of carbonyl (C=O) groups is 1. The monoisotopic (exact) mass is 342 g/mol. The van der Waals surface area contributed by atoms with Crippen molar-refractivity contribution in [2.75, 3.05) is 26.2 Å². The molecule has 0 N–H and O–H groups in total. The molecule has 2 aliphatic rings. The van der Waals surface area contributed by atoms with E-state index in [1.807, 2.05) is 17.4 Å². The second kappa shape index (κ2) is 7.44. The lowest BCUT2D eigenvalue weighted by molar-refractivity contribution is 0.0594. The van der Waals surface area contributed by atoms with Crippen LogP contribution in [-0.4, -0.2) is 51.4 Å². The lowest BCUT2D eigenvalue weighted by Crippen LogP contribution is -2.48. The molecule has 2 aromatic heterocycles. The first-order valence-electron chi connectivity index (χ1n) is 9.37. The quantitative estimate of drug-likeness (QED) is 0.857. The maximum atomic E-state index is 12.3.